The van der Waals surface area contributed by atoms with E-state index < -0.39 is 23.8 Å². The molecule has 8 heteroatoms. The van der Waals surface area contributed by atoms with Crippen molar-refractivity contribution in [3.8, 4) is 11.8 Å². The molecule has 0 bridgehead atoms. The highest BCUT2D eigenvalue weighted by Gasteiger charge is 2.26. The molecule has 2 rings (SSSR count). The Morgan fingerprint density at radius 1 is 1.17 bits per heavy atom. The second-order valence-electron chi connectivity index (χ2n) is 5.09. The van der Waals surface area contributed by atoms with Crippen LogP contribution in [0.5, 0.6) is 5.75 Å². The molecule has 0 heterocycles. The molecule has 1 aliphatic carbocycles. The Bertz CT molecular complexity index is 646. The number of amides is 3. The van der Waals surface area contributed by atoms with Crippen molar-refractivity contribution in [1.29, 1.82) is 5.26 Å². The fourth-order valence-corrected chi connectivity index (χ4v) is 1.62. The van der Waals surface area contributed by atoms with E-state index in [0.29, 0.717) is 11.3 Å². The van der Waals surface area contributed by atoms with Gasteiger partial charge in [0.05, 0.1) is 11.6 Å². The Hall–Kier alpha value is -3.08. The van der Waals surface area contributed by atoms with E-state index in [1.165, 1.54) is 6.92 Å². The first-order valence-electron chi connectivity index (χ1n) is 7.07. The van der Waals surface area contributed by atoms with Gasteiger partial charge >= 0.3 is 11.8 Å². The molecule has 0 saturated heterocycles. The van der Waals surface area contributed by atoms with Crippen LogP contribution >= 0.6 is 0 Å². The van der Waals surface area contributed by atoms with Crippen LogP contribution in [0.25, 0.3) is 0 Å². The Morgan fingerprint density at radius 3 is 2.39 bits per heavy atom. The van der Waals surface area contributed by atoms with Gasteiger partial charge in [-0.1, -0.05) is 0 Å². The molecule has 1 aliphatic rings. The van der Waals surface area contributed by atoms with Crippen molar-refractivity contribution in [2.75, 3.05) is 0 Å². The maximum absolute atomic E-state index is 11.8. The number of carbonyl (C=O) groups excluding carboxylic acids is 3. The number of hydrogen-bond donors (Lipinski definition) is 3. The second kappa shape index (κ2) is 7.26. The Kier molecular flexibility index (Phi) is 5.15. The van der Waals surface area contributed by atoms with Crippen molar-refractivity contribution < 1.29 is 19.1 Å². The van der Waals surface area contributed by atoms with Crippen LogP contribution in [0.1, 0.15) is 25.3 Å². The fourth-order valence-electron chi connectivity index (χ4n) is 1.62. The number of rotatable bonds is 4. The van der Waals surface area contributed by atoms with Crippen LogP contribution in [-0.4, -0.2) is 29.9 Å². The molecule has 120 valence electrons. The van der Waals surface area contributed by atoms with Crippen LogP contribution in [-0.2, 0) is 14.4 Å². The maximum atomic E-state index is 11.8. The summed E-state index contributed by atoms with van der Waals surface area (Å²) in [5, 5.41) is 11.2. The van der Waals surface area contributed by atoms with Gasteiger partial charge < -0.3 is 10.1 Å². The lowest BCUT2D eigenvalue weighted by Gasteiger charge is -2.15. The third-order valence-electron chi connectivity index (χ3n) is 3.08. The van der Waals surface area contributed by atoms with Crippen molar-refractivity contribution in [2.24, 2.45) is 0 Å². The highest BCUT2D eigenvalue weighted by Crippen LogP contribution is 2.18. The Morgan fingerprint density at radius 2 is 1.83 bits per heavy atom. The van der Waals surface area contributed by atoms with E-state index in [-0.39, 0.29) is 6.04 Å². The number of carbonyl (C=O) groups is 3. The first-order chi connectivity index (χ1) is 11.0. The van der Waals surface area contributed by atoms with Crippen molar-refractivity contribution in [3.63, 3.8) is 0 Å². The lowest BCUT2D eigenvalue weighted by Crippen LogP contribution is -2.51. The molecule has 3 amide bonds. The highest BCUT2D eigenvalue weighted by atomic mass is 16.5. The molecule has 0 spiro atoms. The van der Waals surface area contributed by atoms with Gasteiger partial charge in [-0.15, -0.1) is 0 Å². The minimum Gasteiger partial charge on any atom is -0.481 e. The number of nitriles is 1. The molecule has 1 aromatic carbocycles. The zero-order chi connectivity index (χ0) is 16.8. The number of ether oxygens (including phenoxy) is 1. The van der Waals surface area contributed by atoms with E-state index in [1.54, 1.807) is 24.3 Å². The number of nitrogens with one attached hydrogen (secondary N) is 3. The molecular weight excluding hydrogens is 300 g/mol. The van der Waals surface area contributed by atoms with Crippen LogP contribution in [0.2, 0.25) is 0 Å². The lowest BCUT2D eigenvalue weighted by molar-refractivity contribution is -0.141. The molecular formula is C15H16N4O4. The third kappa shape index (κ3) is 5.00. The average molecular weight is 316 g/mol. The van der Waals surface area contributed by atoms with Gasteiger partial charge in [0.15, 0.2) is 6.10 Å². The molecule has 3 N–H and O–H groups in total. The van der Waals surface area contributed by atoms with Crippen LogP contribution in [0.3, 0.4) is 0 Å². The van der Waals surface area contributed by atoms with Crippen LogP contribution in [0.4, 0.5) is 0 Å². The summed E-state index contributed by atoms with van der Waals surface area (Å²) >= 11 is 0. The number of nitrogens with zero attached hydrogens (tertiary/aromatic N) is 1. The lowest BCUT2D eigenvalue weighted by atomic mass is 10.2. The van der Waals surface area contributed by atoms with Crippen LogP contribution in [0, 0.1) is 11.3 Å². The van der Waals surface area contributed by atoms with E-state index in [9.17, 15) is 14.4 Å². The normalized spacial score (nSPS) is 14.1. The van der Waals surface area contributed by atoms with Gasteiger partial charge in [-0.2, -0.15) is 5.26 Å². The maximum Gasteiger partial charge on any atom is 0.327 e. The van der Waals surface area contributed by atoms with Crippen molar-refractivity contribution >= 4 is 17.7 Å². The van der Waals surface area contributed by atoms with Gasteiger partial charge in [0.25, 0.3) is 5.91 Å². The summed E-state index contributed by atoms with van der Waals surface area (Å²) in [4.78, 5) is 34.6. The quantitative estimate of drug-likeness (QED) is 0.522. The number of hydrazine groups is 1. The number of hydrogen-bond acceptors (Lipinski definition) is 5. The van der Waals surface area contributed by atoms with Crippen molar-refractivity contribution in [2.45, 2.75) is 31.9 Å². The highest BCUT2D eigenvalue weighted by molar-refractivity contribution is 6.35. The van der Waals surface area contributed by atoms with Gasteiger partial charge in [-0.25, -0.2) is 0 Å². The van der Waals surface area contributed by atoms with Crippen molar-refractivity contribution in [1.82, 2.24) is 16.2 Å². The molecule has 1 saturated carbocycles. The zero-order valence-electron chi connectivity index (χ0n) is 12.5. The molecule has 1 aromatic rings. The molecule has 0 radical (unpaired) electrons. The summed E-state index contributed by atoms with van der Waals surface area (Å²) in [5.74, 6) is -1.92. The van der Waals surface area contributed by atoms with E-state index in [0.717, 1.165) is 12.8 Å². The first kappa shape index (κ1) is 16.3. The van der Waals surface area contributed by atoms with Gasteiger partial charge in [0.1, 0.15) is 5.75 Å². The average Bonchev–Trinajstić information content (AvgIpc) is 3.36. The molecule has 8 nitrogen and oxygen atoms in total. The SMILES string of the molecule is C[C@H](Oc1ccc(C#N)cc1)C(=O)NNC(=O)C(=O)NC1CC1. The van der Waals surface area contributed by atoms with Crippen molar-refractivity contribution in [3.05, 3.63) is 29.8 Å². The molecule has 0 unspecified atom stereocenters. The summed E-state index contributed by atoms with van der Waals surface area (Å²) in [5.41, 5.74) is 4.62. The predicted molar refractivity (Wildman–Crippen MR) is 78.7 cm³/mol. The summed E-state index contributed by atoms with van der Waals surface area (Å²) < 4.78 is 5.37. The minimum atomic E-state index is -0.934. The topological polar surface area (TPSA) is 120 Å². The minimum absolute atomic E-state index is 0.0580. The van der Waals surface area contributed by atoms with Gasteiger partial charge in [0.2, 0.25) is 0 Å². The zero-order valence-corrected chi connectivity index (χ0v) is 12.5. The number of benzene rings is 1. The second-order valence-corrected chi connectivity index (χ2v) is 5.09. The first-order valence-corrected chi connectivity index (χ1v) is 7.07. The molecule has 1 fully saturated rings. The van der Waals surface area contributed by atoms with Crippen LogP contribution in [0.15, 0.2) is 24.3 Å². The predicted octanol–water partition coefficient (Wildman–Crippen LogP) is -0.248. The van der Waals surface area contributed by atoms with Gasteiger partial charge in [-0.3, -0.25) is 25.2 Å². The standard InChI is InChI=1S/C15H16N4O4/c1-9(23-12-6-2-10(8-16)3-7-12)13(20)18-19-15(22)14(21)17-11-4-5-11/h2-3,6-7,9,11H,4-5H2,1H3,(H,17,21)(H,18,20)(H,19,22)/t9-/m0/s1. The summed E-state index contributed by atoms with van der Waals surface area (Å²) in [6.07, 6.45) is 0.830. The largest absolute Gasteiger partial charge is 0.481 e. The molecule has 23 heavy (non-hydrogen) atoms. The summed E-state index contributed by atoms with van der Waals surface area (Å²) in [7, 11) is 0. The van der Waals surface area contributed by atoms with E-state index >= 15 is 0 Å². The Balaban J connectivity index is 1.76. The monoisotopic (exact) mass is 316 g/mol. The Labute approximate surface area is 132 Å². The van der Waals surface area contributed by atoms with Gasteiger partial charge in [-0.05, 0) is 44.0 Å². The molecule has 1 atom stereocenters. The smallest absolute Gasteiger partial charge is 0.327 e. The summed E-state index contributed by atoms with van der Waals surface area (Å²) in [6, 6.07) is 8.27. The molecule has 0 aliphatic heterocycles. The van der Waals surface area contributed by atoms with E-state index in [2.05, 4.69) is 10.7 Å². The molecule has 0 aromatic heterocycles. The van der Waals surface area contributed by atoms with Gasteiger partial charge in [0, 0.05) is 6.04 Å². The van der Waals surface area contributed by atoms with E-state index in [1.807, 2.05) is 11.5 Å². The van der Waals surface area contributed by atoms with Crippen LogP contribution < -0.4 is 20.9 Å². The third-order valence-corrected chi connectivity index (χ3v) is 3.08. The van der Waals surface area contributed by atoms with E-state index in [4.69, 9.17) is 10.00 Å². The fraction of sp³-hybridized carbons (Fsp3) is 0.333. The summed E-state index contributed by atoms with van der Waals surface area (Å²) in [6.45, 7) is 1.49.